The predicted octanol–water partition coefficient (Wildman–Crippen LogP) is 1.51. The van der Waals surface area contributed by atoms with Crippen LogP contribution in [0.5, 0.6) is 0 Å². The van der Waals surface area contributed by atoms with Gasteiger partial charge in [-0.25, -0.2) is 0 Å². The van der Waals surface area contributed by atoms with E-state index in [0.717, 1.165) is 0 Å². The highest BCUT2D eigenvalue weighted by Gasteiger charge is 1.97. The van der Waals surface area contributed by atoms with Crippen LogP contribution in [-0.2, 0) is 6.54 Å². The molecule has 0 saturated heterocycles. The molecule has 0 aliphatic rings. The molecular weight excluding hydrogens is 291 g/mol. The zero-order chi connectivity index (χ0) is 9.97. The van der Waals surface area contributed by atoms with Crippen molar-refractivity contribution in [2.75, 3.05) is 5.73 Å². The fraction of sp³-hybridized carbons (Fsp3) is 0.111. The zero-order valence-corrected chi connectivity index (χ0v) is 9.55. The SMILES string of the molecule is Nc1cnn(Cc2ccc(I)cc2)n1. The number of hydrogen-bond acceptors (Lipinski definition) is 3. The molecule has 0 radical (unpaired) electrons. The van der Waals surface area contributed by atoms with Crippen molar-refractivity contribution in [2.45, 2.75) is 6.54 Å². The second-order valence-corrected chi connectivity index (χ2v) is 4.17. The van der Waals surface area contributed by atoms with Crippen molar-refractivity contribution in [2.24, 2.45) is 0 Å². The summed E-state index contributed by atoms with van der Waals surface area (Å²) in [5.41, 5.74) is 6.63. The van der Waals surface area contributed by atoms with E-state index in [4.69, 9.17) is 5.73 Å². The maximum absolute atomic E-state index is 5.46. The molecule has 2 N–H and O–H groups in total. The number of nitrogens with zero attached hydrogens (tertiary/aromatic N) is 3. The van der Waals surface area contributed by atoms with Crippen molar-refractivity contribution >= 4 is 28.4 Å². The van der Waals surface area contributed by atoms with Gasteiger partial charge in [0.1, 0.15) is 0 Å². The van der Waals surface area contributed by atoms with E-state index < -0.39 is 0 Å². The van der Waals surface area contributed by atoms with Crippen molar-refractivity contribution in [3.05, 3.63) is 39.6 Å². The van der Waals surface area contributed by atoms with Crippen LogP contribution in [0.1, 0.15) is 5.56 Å². The number of nitrogen functional groups attached to an aromatic ring is 1. The van der Waals surface area contributed by atoms with Gasteiger partial charge in [-0.2, -0.15) is 9.90 Å². The average Bonchev–Trinajstić information content (AvgIpc) is 2.56. The molecule has 0 spiro atoms. The first-order chi connectivity index (χ1) is 6.74. The molecule has 72 valence electrons. The first-order valence-corrected chi connectivity index (χ1v) is 5.22. The second kappa shape index (κ2) is 3.95. The van der Waals surface area contributed by atoms with Crippen LogP contribution in [0.4, 0.5) is 5.82 Å². The molecule has 0 atom stereocenters. The van der Waals surface area contributed by atoms with Crippen molar-refractivity contribution in [3.8, 4) is 0 Å². The van der Waals surface area contributed by atoms with Crippen LogP contribution in [0.2, 0.25) is 0 Å². The number of anilines is 1. The summed E-state index contributed by atoms with van der Waals surface area (Å²) >= 11 is 2.27. The van der Waals surface area contributed by atoms with Gasteiger partial charge in [-0.1, -0.05) is 12.1 Å². The molecular formula is C9H9IN4. The van der Waals surface area contributed by atoms with Crippen LogP contribution < -0.4 is 5.73 Å². The van der Waals surface area contributed by atoms with Gasteiger partial charge in [0.25, 0.3) is 0 Å². The van der Waals surface area contributed by atoms with Crippen LogP contribution in [0.15, 0.2) is 30.5 Å². The van der Waals surface area contributed by atoms with E-state index >= 15 is 0 Å². The third-order valence-corrected chi connectivity index (χ3v) is 2.51. The van der Waals surface area contributed by atoms with Crippen LogP contribution in [0, 0.1) is 3.57 Å². The third kappa shape index (κ3) is 2.22. The first-order valence-electron chi connectivity index (χ1n) is 4.14. The fourth-order valence-corrected chi connectivity index (χ4v) is 1.50. The molecule has 4 nitrogen and oxygen atoms in total. The molecule has 2 aromatic rings. The molecule has 0 aliphatic carbocycles. The Morgan fingerprint density at radius 3 is 2.57 bits per heavy atom. The Bertz CT molecular complexity index is 421. The van der Waals surface area contributed by atoms with Crippen molar-refractivity contribution in [1.82, 2.24) is 15.0 Å². The lowest BCUT2D eigenvalue weighted by Gasteiger charge is -1.99. The largest absolute Gasteiger partial charge is 0.381 e. The van der Waals surface area contributed by atoms with E-state index in [0.29, 0.717) is 12.4 Å². The standard InChI is InChI=1S/C9H9IN4/c10-8-3-1-7(2-4-8)6-14-12-5-9(11)13-14/h1-5H,6H2,(H2,11,13). The molecule has 2 rings (SSSR count). The van der Waals surface area contributed by atoms with E-state index in [1.165, 1.54) is 9.13 Å². The number of halogens is 1. The summed E-state index contributed by atoms with van der Waals surface area (Å²) in [6.07, 6.45) is 1.55. The van der Waals surface area contributed by atoms with Gasteiger partial charge in [0.05, 0.1) is 12.7 Å². The molecule has 14 heavy (non-hydrogen) atoms. The van der Waals surface area contributed by atoms with E-state index in [1.54, 1.807) is 11.0 Å². The van der Waals surface area contributed by atoms with Crippen molar-refractivity contribution < 1.29 is 0 Å². The Morgan fingerprint density at radius 1 is 1.29 bits per heavy atom. The molecule has 0 fully saturated rings. The summed E-state index contributed by atoms with van der Waals surface area (Å²) in [7, 11) is 0. The number of benzene rings is 1. The normalized spacial score (nSPS) is 10.4. The molecule has 0 saturated carbocycles. The third-order valence-electron chi connectivity index (χ3n) is 1.79. The Morgan fingerprint density at radius 2 is 2.00 bits per heavy atom. The summed E-state index contributed by atoms with van der Waals surface area (Å²) in [4.78, 5) is 1.58. The van der Waals surface area contributed by atoms with Crippen LogP contribution in [-0.4, -0.2) is 15.0 Å². The van der Waals surface area contributed by atoms with Gasteiger partial charge in [0.15, 0.2) is 5.82 Å². The van der Waals surface area contributed by atoms with Gasteiger partial charge in [-0.15, -0.1) is 5.10 Å². The van der Waals surface area contributed by atoms with E-state index in [1.807, 2.05) is 0 Å². The van der Waals surface area contributed by atoms with Crippen molar-refractivity contribution in [3.63, 3.8) is 0 Å². The Kier molecular flexibility index (Phi) is 2.67. The maximum atomic E-state index is 5.46. The lowest BCUT2D eigenvalue weighted by molar-refractivity contribution is 0.593. The van der Waals surface area contributed by atoms with Crippen LogP contribution in [0.25, 0.3) is 0 Å². The van der Waals surface area contributed by atoms with E-state index in [2.05, 4.69) is 57.1 Å². The highest BCUT2D eigenvalue weighted by atomic mass is 127. The van der Waals surface area contributed by atoms with Crippen molar-refractivity contribution in [1.29, 1.82) is 0 Å². The molecule has 1 aromatic heterocycles. The average molecular weight is 300 g/mol. The minimum atomic E-state index is 0.454. The number of rotatable bonds is 2. The maximum Gasteiger partial charge on any atom is 0.165 e. The molecule has 0 bridgehead atoms. The van der Waals surface area contributed by atoms with Gasteiger partial charge in [-0.3, -0.25) is 0 Å². The van der Waals surface area contributed by atoms with Gasteiger partial charge >= 0.3 is 0 Å². The smallest absolute Gasteiger partial charge is 0.165 e. The summed E-state index contributed by atoms with van der Waals surface area (Å²) in [6, 6.07) is 8.23. The quantitative estimate of drug-likeness (QED) is 0.855. The summed E-state index contributed by atoms with van der Waals surface area (Å²) < 4.78 is 1.22. The van der Waals surface area contributed by atoms with Gasteiger partial charge in [0.2, 0.25) is 0 Å². The zero-order valence-electron chi connectivity index (χ0n) is 7.39. The highest BCUT2D eigenvalue weighted by molar-refractivity contribution is 14.1. The Labute approximate surface area is 95.3 Å². The minimum Gasteiger partial charge on any atom is -0.381 e. The molecule has 0 amide bonds. The topological polar surface area (TPSA) is 56.7 Å². The summed E-state index contributed by atoms with van der Waals surface area (Å²) in [5, 5.41) is 8.02. The fourth-order valence-electron chi connectivity index (χ4n) is 1.14. The predicted molar refractivity (Wildman–Crippen MR) is 62.7 cm³/mol. The van der Waals surface area contributed by atoms with Gasteiger partial charge in [-0.05, 0) is 40.3 Å². The second-order valence-electron chi connectivity index (χ2n) is 2.93. The Hall–Kier alpha value is -1.11. The number of nitrogens with two attached hydrogens (primary N) is 1. The van der Waals surface area contributed by atoms with E-state index in [-0.39, 0.29) is 0 Å². The number of aromatic nitrogens is 3. The lowest BCUT2D eigenvalue weighted by atomic mass is 10.2. The molecule has 0 unspecified atom stereocenters. The van der Waals surface area contributed by atoms with Crippen LogP contribution in [0.3, 0.4) is 0 Å². The van der Waals surface area contributed by atoms with E-state index in [9.17, 15) is 0 Å². The van der Waals surface area contributed by atoms with Crippen LogP contribution >= 0.6 is 22.6 Å². The summed E-state index contributed by atoms with van der Waals surface area (Å²) in [6.45, 7) is 0.661. The highest BCUT2D eigenvalue weighted by Crippen LogP contribution is 2.07. The number of hydrogen-bond donors (Lipinski definition) is 1. The molecule has 1 heterocycles. The first kappa shape index (κ1) is 9.45. The lowest BCUT2D eigenvalue weighted by Crippen LogP contribution is -2.03. The molecule has 1 aromatic carbocycles. The van der Waals surface area contributed by atoms with Gasteiger partial charge < -0.3 is 5.73 Å². The molecule has 0 aliphatic heterocycles. The summed E-state index contributed by atoms with van der Waals surface area (Å²) in [5.74, 6) is 0.454. The monoisotopic (exact) mass is 300 g/mol. The molecule has 5 heteroatoms. The van der Waals surface area contributed by atoms with Gasteiger partial charge in [0, 0.05) is 3.57 Å². The Balaban J connectivity index is 2.15. The minimum absolute atomic E-state index is 0.454.